The zero-order valence-electron chi connectivity index (χ0n) is 14.6. The van der Waals surface area contributed by atoms with Crippen LogP contribution >= 0.6 is 0 Å². The Hall–Kier alpha value is -1.43. The molecule has 5 nitrogen and oxygen atoms in total. The Morgan fingerprint density at radius 3 is 2.62 bits per heavy atom. The Balaban J connectivity index is 1.48. The average molecular weight is 331 g/mol. The fourth-order valence-corrected chi connectivity index (χ4v) is 3.43. The largest absolute Gasteiger partial charge is 0.379 e. The summed E-state index contributed by atoms with van der Waals surface area (Å²) in [7, 11) is 0. The number of carbonyl (C=O) groups excluding carboxylic acids is 1. The molecule has 1 amide bonds. The molecule has 1 aromatic rings. The number of ether oxygens (including phenoxy) is 1. The minimum atomic E-state index is -0.269. The van der Waals surface area contributed by atoms with E-state index >= 15 is 0 Å². The minimum absolute atomic E-state index is 0.159. The molecule has 0 aliphatic carbocycles. The number of nitrogens with zero attached hydrogens (tertiary/aromatic N) is 1. The van der Waals surface area contributed by atoms with Gasteiger partial charge in [-0.1, -0.05) is 24.3 Å². The fourth-order valence-electron chi connectivity index (χ4n) is 3.43. The highest BCUT2D eigenvalue weighted by atomic mass is 16.5. The zero-order chi connectivity index (χ0) is 16.8. The Morgan fingerprint density at radius 2 is 1.96 bits per heavy atom. The van der Waals surface area contributed by atoms with Crippen LogP contribution in [-0.2, 0) is 22.6 Å². The van der Waals surface area contributed by atoms with Gasteiger partial charge in [0, 0.05) is 32.7 Å². The molecule has 2 heterocycles. The van der Waals surface area contributed by atoms with Crippen molar-refractivity contribution in [2.24, 2.45) is 5.41 Å². The van der Waals surface area contributed by atoms with Crippen molar-refractivity contribution >= 4 is 5.91 Å². The lowest BCUT2D eigenvalue weighted by molar-refractivity contribution is -0.131. The standard InChI is InChI=1S/C19H29N3O2/c1-19(7-2-8-20-15-19)18(23)21-13-16-3-5-17(6-4-16)14-22-9-11-24-12-10-22/h3-6,20H,2,7-15H2,1H3,(H,21,23). The molecule has 2 aliphatic heterocycles. The van der Waals surface area contributed by atoms with Crippen LogP contribution in [0.25, 0.3) is 0 Å². The van der Waals surface area contributed by atoms with E-state index in [4.69, 9.17) is 4.74 Å². The summed E-state index contributed by atoms with van der Waals surface area (Å²) in [5.41, 5.74) is 2.20. The van der Waals surface area contributed by atoms with E-state index in [9.17, 15) is 4.79 Å². The molecule has 1 atom stereocenters. The van der Waals surface area contributed by atoms with Gasteiger partial charge in [0.15, 0.2) is 0 Å². The highest BCUT2D eigenvalue weighted by Gasteiger charge is 2.34. The van der Waals surface area contributed by atoms with Crippen LogP contribution in [0.4, 0.5) is 0 Å². The Morgan fingerprint density at radius 1 is 1.25 bits per heavy atom. The zero-order valence-corrected chi connectivity index (χ0v) is 14.6. The van der Waals surface area contributed by atoms with Gasteiger partial charge in [-0.15, -0.1) is 0 Å². The summed E-state index contributed by atoms with van der Waals surface area (Å²) in [5.74, 6) is 0.159. The van der Waals surface area contributed by atoms with Crippen molar-refractivity contribution in [1.29, 1.82) is 0 Å². The summed E-state index contributed by atoms with van der Waals surface area (Å²) < 4.78 is 5.38. The first kappa shape index (κ1) is 17.4. The van der Waals surface area contributed by atoms with Gasteiger partial charge in [0.25, 0.3) is 0 Å². The molecule has 2 N–H and O–H groups in total. The summed E-state index contributed by atoms with van der Waals surface area (Å²) in [6.45, 7) is 9.10. The number of rotatable bonds is 5. The number of hydrogen-bond acceptors (Lipinski definition) is 4. The second-order valence-corrected chi connectivity index (χ2v) is 7.23. The lowest BCUT2D eigenvalue weighted by Gasteiger charge is -2.32. The Bertz CT molecular complexity index is 532. The fraction of sp³-hybridized carbons (Fsp3) is 0.632. The van der Waals surface area contributed by atoms with Gasteiger partial charge in [-0.2, -0.15) is 0 Å². The van der Waals surface area contributed by atoms with E-state index in [-0.39, 0.29) is 11.3 Å². The second-order valence-electron chi connectivity index (χ2n) is 7.23. The molecule has 24 heavy (non-hydrogen) atoms. The highest BCUT2D eigenvalue weighted by molar-refractivity contribution is 5.82. The van der Waals surface area contributed by atoms with E-state index in [1.54, 1.807) is 0 Å². The predicted octanol–water partition coefficient (Wildman–Crippen LogP) is 1.52. The van der Waals surface area contributed by atoms with Crippen molar-refractivity contribution in [1.82, 2.24) is 15.5 Å². The van der Waals surface area contributed by atoms with Crippen molar-refractivity contribution in [2.45, 2.75) is 32.9 Å². The molecule has 132 valence electrons. The number of nitrogens with one attached hydrogen (secondary N) is 2. The molecule has 2 aliphatic rings. The molecular weight excluding hydrogens is 302 g/mol. The van der Waals surface area contributed by atoms with Crippen LogP contribution in [0.15, 0.2) is 24.3 Å². The maximum atomic E-state index is 12.5. The maximum Gasteiger partial charge on any atom is 0.227 e. The van der Waals surface area contributed by atoms with Gasteiger partial charge in [-0.3, -0.25) is 9.69 Å². The van der Waals surface area contributed by atoms with Gasteiger partial charge in [0.05, 0.1) is 18.6 Å². The smallest absolute Gasteiger partial charge is 0.227 e. The molecule has 3 rings (SSSR count). The summed E-state index contributed by atoms with van der Waals surface area (Å²) >= 11 is 0. The molecule has 2 fully saturated rings. The van der Waals surface area contributed by atoms with Crippen LogP contribution in [0.3, 0.4) is 0 Å². The quantitative estimate of drug-likeness (QED) is 0.859. The van der Waals surface area contributed by atoms with Crippen LogP contribution in [0.1, 0.15) is 30.9 Å². The van der Waals surface area contributed by atoms with E-state index in [1.165, 1.54) is 5.56 Å². The number of morpholine rings is 1. The third-order valence-corrected chi connectivity index (χ3v) is 5.13. The molecule has 2 saturated heterocycles. The van der Waals surface area contributed by atoms with Gasteiger partial charge in [0.1, 0.15) is 0 Å². The van der Waals surface area contributed by atoms with Crippen molar-refractivity contribution < 1.29 is 9.53 Å². The molecule has 1 unspecified atom stereocenters. The van der Waals surface area contributed by atoms with E-state index in [2.05, 4.69) is 46.7 Å². The van der Waals surface area contributed by atoms with Crippen molar-refractivity contribution in [3.63, 3.8) is 0 Å². The molecule has 0 saturated carbocycles. The number of hydrogen-bond donors (Lipinski definition) is 2. The Labute approximate surface area is 144 Å². The predicted molar refractivity (Wildman–Crippen MR) is 94.6 cm³/mol. The molecule has 0 aromatic heterocycles. The first-order chi connectivity index (χ1) is 11.7. The lowest BCUT2D eigenvalue weighted by atomic mass is 9.82. The third-order valence-electron chi connectivity index (χ3n) is 5.13. The monoisotopic (exact) mass is 331 g/mol. The van der Waals surface area contributed by atoms with Crippen LogP contribution < -0.4 is 10.6 Å². The maximum absolute atomic E-state index is 12.5. The topological polar surface area (TPSA) is 53.6 Å². The first-order valence-electron chi connectivity index (χ1n) is 9.03. The Kier molecular flexibility index (Phi) is 5.87. The van der Waals surface area contributed by atoms with E-state index in [0.29, 0.717) is 6.54 Å². The average Bonchev–Trinajstić information content (AvgIpc) is 2.62. The minimum Gasteiger partial charge on any atom is -0.379 e. The number of amides is 1. The van der Waals surface area contributed by atoms with Crippen molar-refractivity contribution in [2.75, 3.05) is 39.4 Å². The van der Waals surface area contributed by atoms with Gasteiger partial charge in [-0.25, -0.2) is 0 Å². The number of carbonyl (C=O) groups is 1. The van der Waals surface area contributed by atoms with E-state index in [1.807, 2.05) is 0 Å². The summed E-state index contributed by atoms with van der Waals surface area (Å²) in [6, 6.07) is 8.58. The summed E-state index contributed by atoms with van der Waals surface area (Å²) in [4.78, 5) is 14.9. The molecular formula is C19H29N3O2. The molecule has 5 heteroatoms. The van der Waals surface area contributed by atoms with Gasteiger partial charge in [0.2, 0.25) is 5.91 Å². The van der Waals surface area contributed by atoms with E-state index in [0.717, 1.165) is 64.3 Å². The molecule has 0 bridgehead atoms. The van der Waals surface area contributed by atoms with Gasteiger partial charge < -0.3 is 15.4 Å². The summed E-state index contributed by atoms with van der Waals surface area (Å²) in [5, 5.41) is 6.43. The van der Waals surface area contributed by atoms with Crippen LogP contribution in [0.2, 0.25) is 0 Å². The lowest BCUT2D eigenvalue weighted by Crippen LogP contribution is -2.48. The highest BCUT2D eigenvalue weighted by Crippen LogP contribution is 2.25. The molecule has 0 spiro atoms. The van der Waals surface area contributed by atoms with Crippen LogP contribution in [0, 0.1) is 5.41 Å². The second kappa shape index (κ2) is 8.10. The van der Waals surface area contributed by atoms with Crippen LogP contribution in [-0.4, -0.2) is 50.2 Å². The first-order valence-corrected chi connectivity index (χ1v) is 9.03. The molecule has 1 aromatic carbocycles. The molecule has 0 radical (unpaired) electrons. The van der Waals surface area contributed by atoms with E-state index < -0.39 is 0 Å². The number of benzene rings is 1. The van der Waals surface area contributed by atoms with Crippen molar-refractivity contribution in [3.05, 3.63) is 35.4 Å². The number of piperidine rings is 1. The van der Waals surface area contributed by atoms with Gasteiger partial charge in [-0.05, 0) is 37.4 Å². The SMILES string of the molecule is CC1(C(=O)NCc2ccc(CN3CCOCC3)cc2)CCCNC1. The van der Waals surface area contributed by atoms with Crippen molar-refractivity contribution in [3.8, 4) is 0 Å². The third kappa shape index (κ3) is 4.56. The van der Waals surface area contributed by atoms with Crippen LogP contribution in [0.5, 0.6) is 0 Å². The summed E-state index contributed by atoms with van der Waals surface area (Å²) in [6.07, 6.45) is 2.03. The normalized spacial score (nSPS) is 25.4. The van der Waals surface area contributed by atoms with Gasteiger partial charge >= 0.3 is 0 Å².